The van der Waals surface area contributed by atoms with E-state index in [4.69, 9.17) is 5.26 Å². The number of amides is 1. The zero-order chi connectivity index (χ0) is 15.0. The van der Waals surface area contributed by atoms with E-state index in [1.165, 1.54) is 0 Å². The van der Waals surface area contributed by atoms with Crippen LogP contribution in [-0.2, 0) is 4.79 Å². The minimum absolute atomic E-state index is 0.0196. The number of nitriles is 1. The second kappa shape index (κ2) is 8.34. The average Bonchev–Trinajstić information content (AvgIpc) is 2.44. The zero-order valence-corrected chi connectivity index (χ0v) is 12.4. The molecule has 1 amide bonds. The number of hydrogen-bond acceptors (Lipinski definition) is 3. The standard InChI is InChI=1S/C16H23N3O/c1-12(2)8-9-18-16(20)11-19-13(3)15-6-4-14(10-17)5-7-15/h4-7,12-13,19H,8-9,11H2,1-3H3,(H,18,20). The van der Waals surface area contributed by atoms with E-state index in [0.29, 0.717) is 18.0 Å². The van der Waals surface area contributed by atoms with Gasteiger partial charge in [-0.05, 0) is 37.0 Å². The summed E-state index contributed by atoms with van der Waals surface area (Å²) in [4.78, 5) is 11.6. The molecule has 1 aromatic rings. The molecule has 2 N–H and O–H groups in total. The van der Waals surface area contributed by atoms with Crippen LogP contribution in [-0.4, -0.2) is 19.0 Å². The summed E-state index contributed by atoms with van der Waals surface area (Å²) in [5, 5.41) is 14.8. The lowest BCUT2D eigenvalue weighted by molar-refractivity contribution is -0.120. The highest BCUT2D eigenvalue weighted by Crippen LogP contribution is 2.12. The van der Waals surface area contributed by atoms with Gasteiger partial charge in [0.25, 0.3) is 0 Å². The van der Waals surface area contributed by atoms with E-state index in [1.807, 2.05) is 19.1 Å². The number of nitrogens with zero attached hydrogens (tertiary/aromatic N) is 1. The van der Waals surface area contributed by atoms with Crippen LogP contribution in [0.15, 0.2) is 24.3 Å². The fourth-order valence-electron chi connectivity index (χ4n) is 1.77. The van der Waals surface area contributed by atoms with Gasteiger partial charge >= 0.3 is 0 Å². The molecule has 0 bridgehead atoms. The number of carbonyl (C=O) groups excluding carboxylic acids is 1. The molecule has 1 atom stereocenters. The van der Waals surface area contributed by atoms with Crippen molar-refractivity contribution >= 4 is 5.91 Å². The lowest BCUT2D eigenvalue weighted by Gasteiger charge is -2.14. The normalized spacial score (nSPS) is 11.9. The highest BCUT2D eigenvalue weighted by atomic mass is 16.1. The van der Waals surface area contributed by atoms with Crippen LogP contribution >= 0.6 is 0 Å². The zero-order valence-electron chi connectivity index (χ0n) is 12.4. The van der Waals surface area contributed by atoms with E-state index in [1.54, 1.807) is 12.1 Å². The predicted octanol–water partition coefficient (Wildman–Crippen LogP) is 2.37. The van der Waals surface area contributed by atoms with Crippen molar-refractivity contribution in [1.29, 1.82) is 5.26 Å². The summed E-state index contributed by atoms with van der Waals surface area (Å²) in [6.45, 7) is 7.31. The van der Waals surface area contributed by atoms with E-state index < -0.39 is 0 Å². The Labute approximate surface area is 121 Å². The van der Waals surface area contributed by atoms with Crippen molar-refractivity contribution in [2.75, 3.05) is 13.1 Å². The Kier molecular flexibility index (Phi) is 6.75. The third-order valence-corrected chi connectivity index (χ3v) is 3.15. The van der Waals surface area contributed by atoms with Gasteiger partial charge < -0.3 is 10.6 Å². The first-order valence-electron chi connectivity index (χ1n) is 7.03. The smallest absolute Gasteiger partial charge is 0.233 e. The number of nitrogens with one attached hydrogen (secondary N) is 2. The van der Waals surface area contributed by atoms with Crippen LogP contribution in [0.1, 0.15) is 44.4 Å². The Morgan fingerprint density at radius 2 is 1.90 bits per heavy atom. The SMILES string of the molecule is CC(C)CCNC(=O)CNC(C)c1ccc(C#N)cc1. The molecule has 0 radical (unpaired) electrons. The quantitative estimate of drug-likeness (QED) is 0.801. The van der Waals surface area contributed by atoms with Crippen LogP contribution < -0.4 is 10.6 Å². The van der Waals surface area contributed by atoms with Gasteiger partial charge in [-0.15, -0.1) is 0 Å². The summed E-state index contributed by atoms with van der Waals surface area (Å²) in [6, 6.07) is 9.57. The predicted molar refractivity (Wildman–Crippen MR) is 80.0 cm³/mol. The van der Waals surface area contributed by atoms with Crippen molar-refractivity contribution in [3.05, 3.63) is 35.4 Å². The fraction of sp³-hybridized carbons (Fsp3) is 0.500. The van der Waals surface area contributed by atoms with Crippen molar-refractivity contribution < 1.29 is 4.79 Å². The maximum atomic E-state index is 11.6. The largest absolute Gasteiger partial charge is 0.355 e. The van der Waals surface area contributed by atoms with Gasteiger partial charge in [0.1, 0.15) is 0 Å². The molecule has 0 spiro atoms. The minimum Gasteiger partial charge on any atom is -0.355 e. The Morgan fingerprint density at radius 1 is 1.25 bits per heavy atom. The van der Waals surface area contributed by atoms with Gasteiger partial charge in [-0.1, -0.05) is 26.0 Å². The molecule has 0 heterocycles. The van der Waals surface area contributed by atoms with Crippen molar-refractivity contribution in [3.63, 3.8) is 0 Å². The molecule has 0 aliphatic carbocycles. The molecule has 1 rings (SSSR count). The van der Waals surface area contributed by atoms with E-state index in [-0.39, 0.29) is 11.9 Å². The minimum atomic E-state index is 0.0196. The Hall–Kier alpha value is -1.86. The molecule has 108 valence electrons. The fourth-order valence-corrected chi connectivity index (χ4v) is 1.77. The molecular formula is C16H23N3O. The van der Waals surface area contributed by atoms with Crippen LogP contribution in [0.3, 0.4) is 0 Å². The van der Waals surface area contributed by atoms with Crippen LogP contribution in [0, 0.1) is 17.2 Å². The summed E-state index contributed by atoms with van der Waals surface area (Å²) in [6.07, 6.45) is 0.997. The molecule has 4 heteroatoms. The highest BCUT2D eigenvalue weighted by molar-refractivity contribution is 5.78. The molecule has 0 fully saturated rings. The Morgan fingerprint density at radius 3 is 2.45 bits per heavy atom. The lowest BCUT2D eigenvalue weighted by Crippen LogP contribution is -2.35. The number of hydrogen-bond donors (Lipinski definition) is 2. The van der Waals surface area contributed by atoms with Gasteiger partial charge in [-0.25, -0.2) is 0 Å². The molecule has 0 saturated heterocycles. The van der Waals surface area contributed by atoms with Crippen molar-refractivity contribution in [1.82, 2.24) is 10.6 Å². The van der Waals surface area contributed by atoms with Gasteiger partial charge in [0.05, 0.1) is 18.2 Å². The van der Waals surface area contributed by atoms with Crippen LogP contribution in [0.25, 0.3) is 0 Å². The van der Waals surface area contributed by atoms with E-state index in [2.05, 4.69) is 30.6 Å². The average molecular weight is 273 g/mol. The Bertz CT molecular complexity index is 460. The van der Waals surface area contributed by atoms with Gasteiger partial charge in [-0.3, -0.25) is 4.79 Å². The van der Waals surface area contributed by atoms with Gasteiger partial charge in [-0.2, -0.15) is 5.26 Å². The molecule has 4 nitrogen and oxygen atoms in total. The summed E-state index contributed by atoms with van der Waals surface area (Å²) in [5.41, 5.74) is 1.71. The molecule has 1 aromatic carbocycles. The first kappa shape index (κ1) is 16.2. The monoisotopic (exact) mass is 273 g/mol. The second-order valence-electron chi connectivity index (χ2n) is 5.37. The van der Waals surface area contributed by atoms with Crippen LogP contribution in [0.4, 0.5) is 0 Å². The summed E-state index contributed by atoms with van der Waals surface area (Å²) in [5.74, 6) is 0.618. The van der Waals surface area contributed by atoms with Crippen molar-refractivity contribution in [2.24, 2.45) is 5.92 Å². The summed E-state index contributed by atoms with van der Waals surface area (Å²) in [7, 11) is 0. The van der Waals surface area contributed by atoms with Crippen LogP contribution in [0.5, 0.6) is 0 Å². The van der Waals surface area contributed by atoms with E-state index in [9.17, 15) is 4.79 Å². The molecular weight excluding hydrogens is 250 g/mol. The lowest BCUT2D eigenvalue weighted by atomic mass is 10.1. The van der Waals surface area contributed by atoms with Gasteiger partial charge in [0, 0.05) is 12.6 Å². The van der Waals surface area contributed by atoms with E-state index >= 15 is 0 Å². The maximum absolute atomic E-state index is 11.6. The first-order valence-corrected chi connectivity index (χ1v) is 7.03. The first-order chi connectivity index (χ1) is 9.52. The van der Waals surface area contributed by atoms with E-state index in [0.717, 1.165) is 18.5 Å². The van der Waals surface area contributed by atoms with Gasteiger partial charge in [0.2, 0.25) is 5.91 Å². The molecule has 0 saturated carbocycles. The number of rotatable bonds is 7. The highest BCUT2D eigenvalue weighted by Gasteiger charge is 2.07. The second-order valence-corrected chi connectivity index (χ2v) is 5.37. The summed E-state index contributed by atoms with van der Waals surface area (Å²) < 4.78 is 0. The van der Waals surface area contributed by atoms with Crippen molar-refractivity contribution in [2.45, 2.75) is 33.2 Å². The third kappa shape index (κ3) is 5.85. The molecule has 1 unspecified atom stereocenters. The van der Waals surface area contributed by atoms with Crippen molar-refractivity contribution in [3.8, 4) is 6.07 Å². The van der Waals surface area contributed by atoms with Gasteiger partial charge in [0.15, 0.2) is 0 Å². The molecule has 20 heavy (non-hydrogen) atoms. The van der Waals surface area contributed by atoms with Crippen LogP contribution in [0.2, 0.25) is 0 Å². The number of carbonyl (C=O) groups is 1. The third-order valence-electron chi connectivity index (χ3n) is 3.15. The Balaban J connectivity index is 2.33. The molecule has 0 aromatic heterocycles. The topological polar surface area (TPSA) is 64.9 Å². The maximum Gasteiger partial charge on any atom is 0.233 e. The molecule has 0 aliphatic rings. The summed E-state index contributed by atoms with van der Waals surface area (Å²) >= 11 is 0. The number of benzene rings is 1. The molecule has 0 aliphatic heterocycles.